The van der Waals surface area contributed by atoms with Gasteiger partial charge < -0.3 is 19.7 Å². The number of carboxylic acids is 2. The first kappa shape index (κ1) is 18.9. The lowest BCUT2D eigenvalue weighted by molar-refractivity contribution is -0.149. The Morgan fingerprint density at radius 3 is 1.30 bits per heavy atom. The van der Waals surface area contributed by atoms with Crippen LogP contribution in [0.4, 0.5) is 0 Å². The van der Waals surface area contributed by atoms with Gasteiger partial charge in [0.1, 0.15) is 25.4 Å². The molecule has 114 valence electrons. The molecule has 0 amide bonds. The summed E-state index contributed by atoms with van der Waals surface area (Å²) in [5, 5.41) is 15.5. The van der Waals surface area contributed by atoms with Gasteiger partial charge in [0.15, 0.2) is 0 Å². The van der Waals surface area contributed by atoms with Crippen LogP contribution in [0.5, 0.6) is 0 Å². The molecule has 0 aromatic rings. The molecule has 0 saturated heterocycles. The van der Waals surface area contributed by atoms with E-state index in [2.05, 4.69) is 25.3 Å². The first-order valence-electron chi connectivity index (χ1n) is 5.36. The molecule has 0 aliphatic heterocycles. The van der Waals surface area contributed by atoms with Gasteiger partial charge in [0, 0.05) is 0 Å². The van der Waals surface area contributed by atoms with Crippen molar-refractivity contribution in [3.8, 4) is 0 Å². The van der Waals surface area contributed by atoms with E-state index in [1.807, 2.05) is 0 Å². The normalized spacial score (nSPS) is 13.5. The molecule has 0 aromatic heterocycles. The van der Waals surface area contributed by atoms with Gasteiger partial charge in [0.25, 0.3) is 0 Å². The summed E-state index contributed by atoms with van der Waals surface area (Å²) in [6, 6.07) is 0. The van der Waals surface area contributed by atoms with Crippen LogP contribution in [0.15, 0.2) is 0 Å². The highest BCUT2D eigenvalue weighted by atomic mass is 32.1. The first-order chi connectivity index (χ1) is 9.23. The topological polar surface area (TPSA) is 127 Å². The maximum Gasteiger partial charge on any atom is 0.329 e. The Balaban J connectivity index is 4.39. The monoisotopic (exact) mass is 326 g/mol. The van der Waals surface area contributed by atoms with Crippen molar-refractivity contribution in [3.63, 3.8) is 0 Å². The lowest BCUT2D eigenvalue weighted by atomic mass is 10.1. The van der Waals surface area contributed by atoms with Gasteiger partial charge in [-0.05, 0) is 12.8 Å². The van der Waals surface area contributed by atoms with E-state index in [-0.39, 0.29) is 12.8 Å². The van der Waals surface area contributed by atoms with Crippen LogP contribution >= 0.6 is 25.3 Å². The Bertz CT molecular complexity index is 347. The second-order valence-corrected chi connectivity index (χ2v) is 4.52. The molecule has 0 aliphatic carbocycles. The summed E-state index contributed by atoms with van der Waals surface area (Å²) in [6.45, 7) is -1.38. The fourth-order valence-electron chi connectivity index (χ4n) is 1.20. The van der Waals surface area contributed by atoms with Crippen molar-refractivity contribution in [2.45, 2.75) is 25.0 Å². The quantitative estimate of drug-likeness (QED) is 0.378. The lowest BCUT2D eigenvalue weighted by Gasteiger charge is -2.17. The predicted molar refractivity (Wildman–Crippen MR) is 72.0 cm³/mol. The fourth-order valence-corrected chi connectivity index (χ4v) is 1.61. The van der Waals surface area contributed by atoms with Crippen molar-refractivity contribution in [1.29, 1.82) is 0 Å². The molecule has 10 heteroatoms. The predicted octanol–water partition coefficient (Wildman–Crippen LogP) is -0.381. The van der Waals surface area contributed by atoms with Gasteiger partial charge in [-0.1, -0.05) is 0 Å². The number of ether oxygens (including phenoxy) is 2. The molecule has 0 spiro atoms. The zero-order valence-corrected chi connectivity index (χ0v) is 12.0. The number of aliphatic carboxylic acids is 2. The van der Waals surface area contributed by atoms with E-state index < -0.39 is 47.6 Å². The van der Waals surface area contributed by atoms with Crippen molar-refractivity contribution in [3.05, 3.63) is 0 Å². The van der Waals surface area contributed by atoms with Crippen molar-refractivity contribution < 1.29 is 38.9 Å². The van der Waals surface area contributed by atoms with Gasteiger partial charge in [0.05, 0.1) is 0 Å². The van der Waals surface area contributed by atoms with Crippen molar-refractivity contribution in [2.75, 3.05) is 13.2 Å². The summed E-state index contributed by atoms with van der Waals surface area (Å²) in [6.07, 6.45) is -2.35. The third-order valence-electron chi connectivity index (χ3n) is 2.06. The third kappa shape index (κ3) is 8.91. The average molecular weight is 326 g/mol. The number of carbonyl (C=O) groups is 4. The van der Waals surface area contributed by atoms with Gasteiger partial charge >= 0.3 is 11.9 Å². The van der Waals surface area contributed by atoms with Crippen LogP contribution < -0.4 is 0 Å². The second-order valence-electron chi connectivity index (χ2n) is 3.64. The summed E-state index contributed by atoms with van der Waals surface area (Å²) in [4.78, 5) is 42.9. The van der Waals surface area contributed by atoms with Crippen molar-refractivity contribution in [1.82, 2.24) is 0 Å². The third-order valence-corrected chi connectivity index (χ3v) is 2.63. The maximum atomic E-state index is 11.1. The minimum absolute atomic E-state index is 0.0494. The van der Waals surface area contributed by atoms with E-state index in [0.717, 1.165) is 0 Å². The molecule has 0 rings (SSSR count). The zero-order valence-electron chi connectivity index (χ0n) is 10.2. The lowest BCUT2D eigenvalue weighted by Crippen LogP contribution is -2.29. The van der Waals surface area contributed by atoms with Crippen LogP contribution in [0, 0.1) is 0 Å². The first-order valence-corrected chi connectivity index (χ1v) is 6.26. The number of carboxylic acid groups (broad SMARTS) is 2. The summed E-state index contributed by atoms with van der Waals surface area (Å²) in [5.41, 5.74) is 0. The van der Waals surface area contributed by atoms with E-state index in [4.69, 9.17) is 19.7 Å². The molecule has 0 radical (unpaired) electrons. The molecule has 0 aromatic carbocycles. The van der Waals surface area contributed by atoms with Crippen LogP contribution in [0.1, 0.15) is 12.8 Å². The molecule has 20 heavy (non-hydrogen) atoms. The average Bonchev–Trinajstić information content (AvgIpc) is 2.30. The Morgan fingerprint density at radius 2 is 1.10 bits per heavy atom. The highest BCUT2D eigenvalue weighted by Crippen LogP contribution is 2.13. The van der Waals surface area contributed by atoms with E-state index in [9.17, 15) is 19.2 Å². The minimum Gasteiger partial charge on any atom is -0.480 e. The Kier molecular flexibility index (Phi) is 9.21. The molecule has 2 N–H and O–H groups in total. The number of hydrogen-bond donors (Lipinski definition) is 4. The van der Waals surface area contributed by atoms with E-state index >= 15 is 0 Å². The van der Waals surface area contributed by atoms with E-state index in [1.165, 1.54) is 0 Å². The highest BCUT2D eigenvalue weighted by Gasteiger charge is 2.23. The zero-order chi connectivity index (χ0) is 15.7. The van der Waals surface area contributed by atoms with Gasteiger partial charge in [-0.2, -0.15) is 0 Å². The number of thiol groups is 2. The maximum absolute atomic E-state index is 11.1. The van der Waals surface area contributed by atoms with Crippen molar-refractivity contribution in [2.24, 2.45) is 0 Å². The summed E-state index contributed by atoms with van der Waals surface area (Å²) in [5.74, 6) is -2.51. The van der Waals surface area contributed by atoms with E-state index in [0.29, 0.717) is 0 Å². The highest BCUT2D eigenvalue weighted by molar-refractivity contribution is 7.97. The van der Waals surface area contributed by atoms with Crippen LogP contribution in [-0.2, 0) is 28.7 Å². The molecule has 0 fully saturated rings. The van der Waals surface area contributed by atoms with Gasteiger partial charge in [-0.25, -0.2) is 9.59 Å². The standard InChI is InChI=1S/C10H14O8S2/c11-7(12)3-17-5(9(15)19)1-2-6(10(16)20)18-4-8(13)14/h5-6H,1-4H2,(H,11,12)(H,13,14)(H,15,19)(H,16,20). The molecule has 0 saturated carbocycles. The minimum atomic E-state index is -1.26. The van der Waals surface area contributed by atoms with Crippen molar-refractivity contribution >= 4 is 47.4 Å². The summed E-state index contributed by atoms with van der Waals surface area (Å²) < 4.78 is 9.57. The summed E-state index contributed by atoms with van der Waals surface area (Å²) in [7, 11) is 0. The SMILES string of the molecule is O=C(O)COC(CCC(OCC(=O)O)C(=O)S)C(=O)S. The fraction of sp³-hybridized carbons (Fsp3) is 0.600. The molecule has 0 heterocycles. The summed E-state index contributed by atoms with van der Waals surface area (Å²) >= 11 is 7.08. The van der Waals surface area contributed by atoms with E-state index in [1.54, 1.807) is 0 Å². The number of carbonyl (C=O) groups excluding carboxylic acids is 2. The smallest absolute Gasteiger partial charge is 0.329 e. The molecular weight excluding hydrogens is 312 g/mol. The van der Waals surface area contributed by atoms with Crippen LogP contribution in [-0.4, -0.2) is 57.8 Å². The molecule has 0 aliphatic rings. The Morgan fingerprint density at radius 1 is 0.800 bits per heavy atom. The Labute approximate surface area is 125 Å². The van der Waals surface area contributed by atoms with Crippen LogP contribution in [0.25, 0.3) is 0 Å². The molecule has 8 nitrogen and oxygen atoms in total. The van der Waals surface area contributed by atoms with Crippen LogP contribution in [0.3, 0.4) is 0 Å². The molecular formula is C10H14O8S2. The Hall–Kier alpha value is -1.10. The number of hydrogen-bond acceptors (Lipinski definition) is 6. The largest absolute Gasteiger partial charge is 0.480 e. The van der Waals surface area contributed by atoms with Gasteiger partial charge in [0.2, 0.25) is 10.2 Å². The van der Waals surface area contributed by atoms with Crippen LogP contribution in [0.2, 0.25) is 0 Å². The number of rotatable bonds is 11. The second kappa shape index (κ2) is 9.75. The van der Waals surface area contributed by atoms with Gasteiger partial charge in [-0.15, -0.1) is 25.3 Å². The molecule has 2 unspecified atom stereocenters. The van der Waals surface area contributed by atoms with Gasteiger partial charge in [-0.3, -0.25) is 9.59 Å². The molecule has 2 atom stereocenters. The molecule has 0 bridgehead atoms.